The van der Waals surface area contributed by atoms with Crippen molar-refractivity contribution < 1.29 is 0 Å². The molecule has 0 aliphatic rings. The van der Waals surface area contributed by atoms with Crippen molar-refractivity contribution in [2.45, 2.75) is 0 Å². The second kappa shape index (κ2) is 9.82. The van der Waals surface area contributed by atoms with E-state index in [9.17, 15) is 0 Å². The number of hydrogen-bond acceptors (Lipinski definition) is 1. The number of pyridine rings is 1. The van der Waals surface area contributed by atoms with Crippen molar-refractivity contribution >= 4 is 43.5 Å². The molecule has 0 fully saturated rings. The van der Waals surface area contributed by atoms with Gasteiger partial charge in [0.1, 0.15) is 0 Å². The number of nitrogens with zero attached hydrogens (tertiary/aromatic N) is 3. The van der Waals surface area contributed by atoms with Gasteiger partial charge < -0.3 is 9.13 Å². The van der Waals surface area contributed by atoms with Gasteiger partial charge in [-0.05, 0) is 65.4 Å². The maximum Gasteiger partial charge on any atom is 0.0730 e. The second-order valence-corrected chi connectivity index (χ2v) is 11.3. The van der Waals surface area contributed by atoms with Crippen molar-refractivity contribution in [1.29, 1.82) is 0 Å². The molecular weight excluding hydrogens is 534 g/mol. The summed E-state index contributed by atoms with van der Waals surface area (Å²) in [7, 11) is 0. The maximum absolute atomic E-state index is 5.14. The molecule has 3 heterocycles. The molecule has 0 spiro atoms. The van der Waals surface area contributed by atoms with Gasteiger partial charge in [-0.15, -0.1) is 0 Å². The minimum Gasteiger partial charge on any atom is -0.317 e. The van der Waals surface area contributed by atoms with Crippen LogP contribution in [-0.2, 0) is 0 Å². The predicted molar refractivity (Wildman–Crippen MR) is 184 cm³/mol. The zero-order valence-electron chi connectivity index (χ0n) is 23.9. The first-order valence-corrected chi connectivity index (χ1v) is 15.0. The summed E-state index contributed by atoms with van der Waals surface area (Å²) in [6.45, 7) is 0. The monoisotopic (exact) mass is 561 g/mol. The number of benzene rings is 6. The van der Waals surface area contributed by atoms with Crippen molar-refractivity contribution in [3.63, 3.8) is 0 Å². The average Bonchev–Trinajstić information content (AvgIpc) is 3.68. The van der Waals surface area contributed by atoms with Crippen LogP contribution in [0.3, 0.4) is 0 Å². The Bertz CT molecular complexity index is 2410. The van der Waals surface area contributed by atoms with Gasteiger partial charge in [-0.1, -0.05) is 103 Å². The third-order valence-corrected chi connectivity index (χ3v) is 8.72. The summed E-state index contributed by atoms with van der Waals surface area (Å²) >= 11 is 0. The number of fused-ring (bicyclic) bond motifs is 6. The topological polar surface area (TPSA) is 22.8 Å². The largest absolute Gasteiger partial charge is 0.317 e. The molecule has 0 saturated heterocycles. The molecule has 6 aromatic carbocycles. The van der Waals surface area contributed by atoms with Crippen LogP contribution in [0.25, 0.3) is 77.4 Å². The van der Waals surface area contributed by atoms with E-state index in [-0.39, 0.29) is 0 Å². The van der Waals surface area contributed by atoms with E-state index in [1.54, 1.807) is 0 Å². The fraction of sp³-hybridized carbons (Fsp3) is 0. The van der Waals surface area contributed by atoms with Crippen LogP contribution in [0.15, 0.2) is 164 Å². The molecule has 0 bridgehead atoms. The fourth-order valence-corrected chi connectivity index (χ4v) is 6.66. The third-order valence-electron chi connectivity index (χ3n) is 8.72. The van der Waals surface area contributed by atoms with Crippen molar-refractivity contribution in [2.24, 2.45) is 0 Å². The van der Waals surface area contributed by atoms with Gasteiger partial charge in [-0.25, -0.2) is 4.98 Å². The highest BCUT2D eigenvalue weighted by atomic mass is 15.0. The van der Waals surface area contributed by atoms with Gasteiger partial charge in [0.15, 0.2) is 0 Å². The lowest BCUT2D eigenvalue weighted by molar-refractivity contribution is 1.13. The number of hydrogen-bond donors (Lipinski definition) is 0. The van der Waals surface area contributed by atoms with Gasteiger partial charge in [-0.2, -0.15) is 0 Å². The van der Waals surface area contributed by atoms with Gasteiger partial charge in [-0.3, -0.25) is 0 Å². The van der Waals surface area contributed by atoms with Gasteiger partial charge >= 0.3 is 0 Å². The third kappa shape index (κ3) is 3.87. The lowest BCUT2D eigenvalue weighted by Crippen LogP contribution is -1.98. The first-order chi connectivity index (χ1) is 21.8. The molecule has 3 nitrogen and oxygen atoms in total. The Hall–Kier alpha value is -5.93. The van der Waals surface area contributed by atoms with Crippen LogP contribution in [-0.4, -0.2) is 14.1 Å². The SMILES string of the molecule is c1ccc(-c2cc(-n3c4ccccc4c4cc5c(ccc6c5ccn6-c5ccccc5)cc43)cc(-c3ccccc3)n2)cc1. The molecule has 0 aliphatic carbocycles. The predicted octanol–water partition coefficient (Wildman–Crippen LogP) is 10.6. The zero-order chi connectivity index (χ0) is 29.0. The van der Waals surface area contributed by atoms with Crippen molar-refractivity contribution in [1.82, 2.24) is 14.1 Å². The molecule has 0 unspecified atom stereocenters. The second-order valence-electron chi connectivity index (χ2n) is 11.3. The van der Waals surface area contributed by atoms with E-state index in [2.05, 4.69) is 173 Å². The van der Waals surface area contributed by atoms with Crippen LogP contribution < -0.4 is 0 Å². The highest BCUT2D eigenvalue weighted by Gasteiger charge is 2.17. The standard InChI is InChI=1S/C41H27N3/c1-4-12-28(13-5-1)37-25-32(26-38(42-37)29-14-6-2-7-15-29)44-40-19-11-10-18-33(40)36-27-35-30(24-41(36)44)20-21-39-34(35)22-23-43(39)31-16-8-3-9-17-31/h1-27H. The van der Waals surface area contributed by atoms with Crippen molar-refractivity contribution in [2.75, 3.05) is 0 Å². The van der Waals surface area contributed by atoms with E-state index in [1.807, 2.05) is 0 Å². The Labute approximate surface area is 254 Å². The van der Waals surface area contributed by atoms with Crippen LogP contribution in [0.2, 0.25) is 0 Å². The van der Waals surface area contributed by atoms with Crippen LogP contribution in [0, 0.1) is 0 Å². The molecule has 206 valence electrons. The molecule has 9 aromatic rings. The van der Waals surface area contributed by atoms with E-state index in [1.165, 1.54) is 49.2 Å². The zero-order valence-corrected chi connectivity index (χ0v) is 23.9. The summed E-state index contributed by atoms with van der Waals surface area (Å²) in [5.74, 6) is 0. The summed E-state index contributed by atoms with van der Waals surface area (Å²) in [6, 6.07) is 56.2. The summed E-state index contributed by atoms with van der Waals surface area (Å²) in [4.78, 5) is 5.14. The van der Waals surface area contributed by atoms with Gasteiger partial charge in [0.05, 0.1) is 33.6 Å². The summed E-state index contributed by atoms with van der Waals surface area (Å²) in [6.07, 6.45) is 2.18. The minimum absolute atomic E-state index is 0.956. The normalized spacial score (nSPS) is 11.6. The number of rotatable bonds is 4. The Morgan fingerprint density at radius 1 is 0.386 bits per heavy atom. The van der Waals surface area contributed by atoms with E-state index in [4.69, 9.17) is 4.98 Å². The average molecular weight is 562 g/mol. The minimum atomic E-state index is 0.956. The quantitative estimate of drug-likeness (QED) is 0.210. The molecule has 0 aliphatic heterocycles. The smallest absolute Gasteiger partial charge is 0.0730 e. The molecular formula is C41H27N3. The summed E-state index contributed by atoms with van der Waals surface area (Å²) in [5.41, 5.74) is 9.95. The Morgan fingerprint density at radius 3 is 1.70 bits per heavy atom. The van der Waals surface area contributed by atoms with Crippen LogP contribution in [0.5, 0.6) is 0 Å². The molecule has 3 aromatic heterocycles. The molecule has 0 atom stereocenters. The molecule has 0 N–H and O–H groups in total. The lowest BCUT2D eigenvalue weighted by atomic mass is 10.0. The highest BCUT2D eigenvalue weighted by Crippen LogP contribution is 2.39. The van der Waals surface area contributed by atoms with Crippen molar-refractivity contribution in [3.8, 4) is 33.9 Å². The Balaban J connectivity index is 1.33. The Kier molecular flexibility index (Phi) is 5.50. The van der Waals surface area contributed by atoms with Crippen LogP contribution in [0.4, 0.5) is 0 Å². The first-order valence-electron chi connectivity index (χ1n) is 15.0. The molecule has 3 heteroatoms. The van der Waals surface area contributed by atoms with Gasteiger partial charge in [0.2, 0.25) is 0 Å². The molecule has 0 saturated carbocycles. The lowest BCUT2D eigenvalue weighted by Gasteiger charge is -2.13. The molecule has 0 amide bonds. The fourth-order valence-electron chi connectivity index (χ4n) is 6.66. The molecule has 0 radical (unpaired) electrons. The van der Waals surface area contributed by atoms with E-state index >= 15 is 0 Å². The number of para-hydroxylation sites is 2. The van der Waals surface area contributed by atoms with E-state index < -0.39 is 0 Å². The maximum atomic E-state index is 5.14. The molecule has 44 heavy (non-hydrogen) atoms. The van der Waals surface area contributed by atoms with E-state index in [0.29, 0.717) is 0 Å². The molecule has 9 rings (SSSR count). The van der Waals surface area contributed by atoms with Crippen LogP contribution in [0.1, 0.15) is 0 Å². The van der Waals surface area contributed by atoms with Gasteiger partial charge in [0.25, 0.3) is 0 Å². The van der Waals surface area contributed by atoms with Crippen molar-refractivity contribution in [3.05, 3.63) is 164 Å². The van der Waals surface area contributed by atoms with E-state index in [0.717, 1.165) is 28.2 Å². The summed E-state index contributed by atoms with van der Waals surface area (Å²) in [5, 5.41) is 6.22. The number of aromatic nitrogens is 3. The Morgan fingerprint density at radius 2 is 1.00 bits per heavy atom. The highest BCUT2D eigenvalue weighted by molar-refractivity contribution is 6.18. The van der Waals surface area contributed by atoms with Crippen LogP contribution >= 0.6 is 0 Å². The first kappa shape index (κ1) is 24.6. The van der Waals surface area contributed by atoms with Gasteiger partial charge in [0, 0.05) is 39.2 Å². The summed E-state index contributed by atoms with van der Waals surface area (Å²) < 4.78 is 4.68.